The molecule has 2 unspecified atom stereocenters. The quantitative estimate of drug-likeness (QED) is 0.788. The Hall–Kier alpha value is -1.35. The van der Waals surface area contributed by atoms with Crippen LogP contribution in [0, 0.1) is 5.92 Å². The van der Waals surface area contributed by atoms with Crippen LogP contribution in [0.4, 0.5) is 0 Å². The van der Waals surface area contributed by atoms with Gasteiger partial charge in [-0.1, -0.05) is 6.92 Å². The molecule has 3 nitrogen and oxygen atoms in total. The first-order valence-electron chi connectivity index (χ1n) is 5.65. The Morgan fingerprint density at radius 1 is 1.44 bits per heavy atom. The first kappa shape index (κ1) is 11.1. The summed E-state index contributed by atoms with van der Waals surface area (Å²) in [5, 5.41) is 0. The van der Waals surface area contributed by atoms with Gasteiger partial charge < -0.3 is 10.5 Å². The van der Waals surface area contributed by atoms with Crippen LogP contribution in [0.25, 0.3) is 0 Å². The molecular weight excluding hydrogens is 202 g/mol. The number of nitrogens with two attached hydrogens (primary N) is 1. The molecule has 0 saturated heterocycles. The molecule has 0 fully saturated rings. The number of fused-ring (bicyclic) bond motifs is 1. The highest BCUT2D eigenvalue weighted by Crippen LogP contribution is 2.26. The van der Waals surface area contributed by atoms with E-state index in [1.165, 1.54) is 0 Å². The van der Waals surface area contributed by atoms with Gasteiger partial charge in [-0.2, -0.15) is 0 Å². The molecule has 1 heterocycles. The standard InChI is InChI=1S/C13H17NO2/c1-8(9(2)14)13(15)11-3-4-12-10(7-11)5-6-16-12/h3-4,7-9H,5-6,14H2,1-2H3. The van der Waals surface area contributed by atoms with Gasteiger partial charge in [0.2, 0.25) is 0 Å². The molecule has 0 aliphatic carbocycles. The third-order valence-corrected chi connectivity index (χ3v) is 3.18. The second-order valence-corrected chi connectivity index (χ2v) is 4.43. The molecule has 0 bridgehead atoms. The fraction of sp³-hybridized carbons (Fsp3) is 0.462. The van der Waals surface area contributed by atoms with Crippen molar-refractivity contribution in [2.45, 2.75) is 26.3 Å². The fourth-order valence-electron chi connectivity index (χ4n) is 1.84. The predicted octanol–water partition coefficient (Wildman–Crippen LogP) is 1.79. The van der Waals surface area contributed by atoms with Gasteiger partial charge in [-0.25, -0.2) is 0 Å². The molecule has 1 aliphatic heterocycles. The molecule has 3 heteroatoms. The highest BCUT2D eigenvalue weighted by molar-refractivity contribution is 5.98. The van der Waals surface area contributed by atoms with E-state index in [1.807, 2.05) is 32.0 Å². The SMILES string of the molecule is CC(N)C(C)C(=O)c1ccc2c(c1)CCO2. The van der Waals surface area contributed by atoms with Crippen LogP contribution in [0.1, 0.15) is 29.8 Å². The lowest BCUT2D eigenvalue weighted by atomic mass is 9.93. The molecule has 0 saturated carbocycles. The van der Waals surface area contributed by atoms with Gasteiger partial charge in [-0.15, -0.1) is 0 Å². The van der Waals surface area contributed by atoms with Crippen LogP contribution in [0.15, 0.2) is 18.2 Å². The average Bonchev–Trinajstić information content (AvgIpc) is 2.73. The van der Waals surface area contributed by atoms with Crippen LogP contribution >= 0.6 is 0 Å². The minimum atomic E-state index is -0.139. The van der Waals surface area contributed by atoms with Gasteiger partial charge in [0, 0.05) is 23.9 Å². The van der Waals surface area contributed by atoms with Crippen LogP contribution in [0.5, 0.6) is 5.75 Å². The van der Waals surface area contributed by atoms with Gasteiger partial charge in [0.1, 0.15) is 5.75 Å². The lowest BCUT2D eigenvalue weighted by Crippen LogP contribution is -2.30. The summed E-state index contributed by atoms with van der Waals surface area (Å²) in [6.45, 7) is 4.45. The van der Waals surface area contributed by atoms with Crippen molar-refractivity contribution in [1.82, 2.24) is 0 Å². The van der Waals surface area contributed by atoms with Gasteiger partial charge in [-0.3, -0.25) is 4.79 Å². The molecule has 2 rings (SSSR count). The molecule has 0 spiro atoms. The maximum Gasteiger partial charge on any atom is 0.167 e. The second-order valence-electron chi connectivity index (χ2n) is 4.43. The Morgan fingerprint density at radius 3 is 2.88 bits per heavy atom. The Bertz CT molecular complexity index is 412. The third-order valence-electron chi connectivity index (χ3n) is 3.18. The lowest BCUT2D eigenvalue weighted by Gasteiger charge is -2.14. The number of rotatable bonds is 3. The predicted molar refractivity (Wildman–Crippen MR) is 62.8 cm³/mol. The average molecular weight is 219 g/mol. The number of ketones is 1. The summed E-state index contributed by atoms with van der Waals surface area (Å²) in [5.41, 5.74) is 7.61. The second kappa shape index (κ2) is 4.26. The number of benzene rings is 1. The van der Waals surface area contributed by atoms with Crippen molar-refractivity contribution in [2.24, 2.45) is 11.7 Å². The van der Waals surface area contributed by atoms with Gasteiger partial charge in [0.25, 0.3) is 0 Å². The van der Waals surface area contributed by atoms with E-state index in [0.29, 0.717) is 0 Å². The fourth-order valence-corrected chi connectivity index (χ4v) is 1.84. The lowest BCUT2D eigenvalue weighted by molar-refractivity contribution is 0.0917. The Kier molecular flexibility index (Phi) is 2.97. The van der Waals surface area contributed by atoms with Crippen molar-refractivity contribution in [1.29, 1.82) is 0 Å². The van der Waals surface area contributed by atoms with E-state index in [2.05, 4.69) is 0 Å². The van der Waals surface area contributed by atoms with Crippen LogP contribution < -0.4 is 10.5 Å². The van der Waals surface area contributed by atoms with E-state index < -0.39 is 0 Å². The molecule has 2 N–H and O–H groups in total. The summed E-state index contributed by atoms with van der Waals surface area (Å²) >= 11 is 0. The van der Waals surface area contributed by atoms with E-state index in [4.69, 9.17) is 10.5 Å². The molecule has 2 atom stereocenters. The van der Waals surface area contributed by atoms with E-state index in [-0.39, 0.29) is 17.7 Å². The maximum absolute atomic E-state index is 12.1. The number of hydrogen-bond acceptors (Lipinski definition) is 3. The molecular formula is C13H17NO2. The molecule has 0 radical (unpaired) electrons. The maximum atomic E-state index is 12.1. The van der Waals surface area contributed by atoms with Gasteiger partial charge in [-0.05, 0) is 30.7 Å². The molecule has 86 valence electrons. The van der Waals surface area contributed by atoms with Crippen LogP contribution in [-0.4, -0.2) is 18.4 Å². The monoisotopic (exact) mass is 219 g/mol. The minimum absolute atomic E-state index is 0.114. The summed E-state index contributed by atoms with van der Waals surface area (Å²) in [5.74, 6) is 0.884. The normalized spacial score (nSPS) is 17.4. The van der Waals surface area contributed by atoms with Crippen molar-refractivity contribution in [3.05, 3.63) is 29.3 Å². The highest BCUT2D eigenvalue weighted by atomic mass is 16.5. The molecule has 1 aromatic carbocycles. The number of ether oxygens (including phenoxy) is 1. The van der Waals surface area contributed by atoms with E-state index in [0.717, 1.165) is 29.9 Å². The summed E-state index contributed by atoms with van der Waals surface area (Å²) < 4.78 is 5.41. The zero-order valence-corrected chi connectivity index (χ0v) is 9.69. The number of carbonyl (C=O) groups is 1. The summed E-state index contributed by atoms with van der Waals surface area (Å²) in [4.78, 5) is 12.1. The Balaban J connectivity index is 2.25. The van der Waals surface area contributed by atoms with Crippen LogP contribution in [0.3, 0.4) is 0 Å². The van der Waals surface area contributed by atoms with Crippen LogP contribution in [0.2, 0.25) is 0 Å². The minimum Gasteiger partial charge on any atom is -0.493 e. The number of carbonyl (C=O) groups excluding carboxylic acids is 1. The zero-order chi connectivity index (χ0) is 11.7. The Morgan fingerprint density at radius 2 is 2.19 bits per heavy atom. The third kappa shape index (κ3) is 1.95. The molecule has 0 amide bonds. The van der Waals surface area contributed by atoms with Crippen molar-refractivity contribution in [3.63, 3.8) is 0 Å². The first-order chi connectivity index (χ1) is 7.59. The van der Waals surface area contributed by atoms with Gasteiger partial charge >= 0.3 is 0 Å². The van der Waals surface area contributed by atoms with Gasteiger partial charge in [0.05, 0.1) is 6.61 Å². The number of Topliss-reactive ketones (excluding diaryl/α,β-unsaturated/α-hetero) is 1. The van der Waals surface area contributed by atoms with E-state index >= 15 is 0 Å². The molecule has 1 aromatic rings. The molecule has 1 aliphatic rings. The Labute approximate surface area is 95.6 Å². The van der Waals surface area contributed by atoms with E-state index in [9.17, 15) is 4.79 Å². The molecule has 0 aromatic heterocycles. The summed E-state index contributed by atoms with van der Waals surface area (Å²) in [6.07, 6.45) is 0.892. The topological polar surface area (TPSA) is 52.3 Å². The largest absolute Gasteiger partial charge is 0.493 e. The van der Waals surface area contributed by atoms with Crippen molar-refractivity contribution in [2.75, 3.05) is 6.61 Å². The van der Waals surface area contributed by atoms with Crippen LogP contribution in [-0.2, 0) is 6.42 Å². The van der Waals surface area contributed by atoms with Crippen molar-refractivity contribution >= 4 is 5.78 Å². The summed E-state index contributed by atoms with van der Waals surface area (Å²) in [7, 11) is 0. The zero-order valence-electron chi connectivity index (χ0n) is 9.69. The molecule has 16 heavy (non-hydrogen) atoms. The first-order valence-corrected chi connectivity index (χ1v) is 5.65. The highest BCUT2D eigenvalue weighted by Gasteiger charge is 2.21. The van der Waals surface area contributed by atoms with Crippen molar-refractivity contribution in [3.8, 4) is 5.75 Å². The smallest absolute Gasteiger partial charge is 0.167 e. The van der Waals surface area contributed by atoms with E-state index in [1.54, 1.807) is 0 Å². The van der Waals surface area contributed by atoms with Gasteiger partial charge in [0.15, 0.2) is 5.78 Å². The number of hydrogen-bond donors (Lipinski definition) is 1. The summed E-state index contributed by atoms with van der Waals surface area (Å²) in [6, 6.07) is 5.52. The van der Waals surface area contributed by atoms with Crippen molar-refractivity contribution < 1.29 is 9.53 Å².